The van der Waals surface area contributed by atoms with Crippen LogP contribution >= 0.6 is 0 Å². The molecule has 0 aliphatic heterocycles. The zero-order valence-corrected chi connectivity index (χ0v) is 10.4. The van der Waals surface area contributed by atoms with Crippen LogP contribution in [0.25, 0.3) is 11.0 Å². The van der Waals surface area contributed by atoms with Gasteiger partial charge in [-0.25, -0.2) is 0 Å². The Kier molecular flexibility index (Phi) is 3.33. The summed E-state index contributed by atoms with van der Waals surface area (Å²) in [5.41, 5.74) is 2.43. The number of furan rings is 1. The van der Waals surface area contributed by atoms with Gasteiger partial charge in [0.15, 0.2) is 0 Å². The lowest BCUT2D eigenvalue weighted by Crippen LogP contribution is -1.91. The monoisotopic (exact) mass is 216 g/mol. The van der Waals surface area contributed by atoms with Gasteiger partial charge in [-0.05, 0) is 36.5 Å². The second-order valence-electron chi connectivity index (χ2n) is 4.87. The molecule has 0 N–H and O–H groups in total. The van der Waals surface area contributed by atoms with E-state index in [1.54, 1.807) is 0 Å². The molecular formula is C15H20O. The van der Waals surface area contributed by atoms with Crippen LogP contribution in [0.5, 0.6) is 0 Å². The van der Waals surface area contributed by atoms with Gasteiger partial charge in [0.2, 0.25) is 0 Å². The molecule has 16 heavy (non-hydrogen) atoms. The summed E-state index contributed by atoms with van der Waals surface area (Å²) in [6.07, 6.45) is 3.36. The van der Waals surface area contributed by atoms with Crippen LogP contribution in [0.4, 0.5) is 0 Å². The highest BCUT2D eigenvalue weighted by atomic mass is 16.3. The fraction of sp³-hybridized carbons (Fsp3) is 0.467. The van der Waals surface area contributed by atoms with Crippen molar-refractivity contribution in [2.24, 2.45) is 5.92 Å². The summed E-state index contributed by atoms with van der Waals surface area (Å²) in [7, 11) is 0. The van der Waals surface area contributed by atoms with Gasteiger partial charge in [-0.15, -0.1) is 0 Å². The molecule has 0 aliphatic carbocycles. The zero-order valence-electron chi connectivity index (χ0n) is 10.4. The minimum absolute atomic E-state index is 0.763. The normalized spacial score (nSPS) is 11.5. The van der Waals surface area contributed by atoms with Crippen molar-refractivity contribution < 1.29 is 4.42 Å². The average molecular weight is 216 g/mol. The predicted molar refractivity (Wildman–Crippen MR) is 68.8 cm³/mol. The van der Waals surface area contributed by atoms with E-state index in [1.807, 2.05) is 0 Å². The van der Waals surface area contributed by atoms with Crippen molar-refractivity contribution in [2.45, 2.75) is 40.0 Å². The van der Waals surface area contributed by atoms with Crippen LogP contribution in [-0.2, 0) is 12.8 Å². The first kappa shape index (κ1) is 11.3. The molecule has 86 valence electrons. The van der Waals surface area contributed by atoms with Gasteiger partial charge in [-0.2, -0.15) is 0 Å². The molecule has 0 saturated heterocycles. The van der Waals surface area contributed by atoms with Gasteiger partial charge in [-0.1, -0.05) is 32.9 Å². The number of hydrogen-bond donors (Lipinski definition) is 0. The number of aryl methyl sites for hydroxylation is 2. The van der Waals surface area contributed by atoms with E-state index in [0.29, 0.717) is 0 Å². The zero-order chi connectivity index (χ0) is 11.5. The lowest BCUT2D eigenvalue weighted by Gasteiger charge is -2.04. The Balaban J connectivity index is 2.22. The van der Waals surface area contributed by atoms with E-state index in [-0.39, 0.29) is 0 Å². The number of benzene rings is 1. The van der Waals surface area contributed by atoms with E-state index < -0.39 is 0 Å². The lowest BCUT2D eigenvalue weighted by molar-refractivity contribution is 0.555. The maximum absolute atomic E-state index is 5.76. The molecule has 1 aromatic carbocycles. The van der Waals surface area contributed by atoms with Crippen molar-refractivity contribution >= 4 is 11.0 Å². The molecule has 0 saturated carbocycles. The van der Waals surface area contributed by atoms with Crippen molar-refractivity contribution in [1.29, 1.82) is 0 Å². The summed E-state index contributed by atoms with van der Waals surface area (Å²) < 4.78 is 5.76. The van der Waals surface area contributed by atoms with E-state index in [4.69, 9.17) is 4.42 Å². The standard InChI is InChI=1S/C15H20O/c1-4-14-10-13-8-7-12(6-5-11(2)3)9-15(13)16-14/h7-11H,4-6H2,1-3H3. The molecule has 0 aliphatic rings. The highest BCUT2D eigenvalue weighted by molar-refractivity contribution is 5.78. The van der Waals surface area contributed by atoms with Gasteiger partial charge in [0.25, 0.3) is 0 Å². The second kappa shape index (κ2) is 4.73. The predicted octanol–water partition coefficient (Wildman–Crippen LogP) is 4.58. The summed E-state index contributed by atoms with van der Waals surface area (Å²) in [5, 5.41) is 1.23. The Morgan fingerprint density at radius 1 is 1.19 bits per heavy atom. The molecule has 1 heterocycles. The van der Waals surface area contributed by atoms with Crippen LogP contribution in [0.15, 0.2) is 28.7 Å². The third-order valence-corrected chi connectivity index (χ3v) is 2.99. The highest BCUT2D eigenvalue weighted by Crippen LogP contribution is 2.22. The first-order valence-electron chi connectivity index (χ1n) is 6.20. The fourth-order valence-corrected chi connectivity index (χ4v) is 1.92. The maximum atomic E-state index is 5.76. The van der Waals surface area contributed by atoms with Crippen molar-refractivity contribution in [3.05, 3.63) is 35.6 Å². The summed E-state index contributed by atoms with van der Waals surface area (Å²) in [6.45, 7) is 6.65. The topological polar surface area (TPSA) is 13.1 Å². The van der Waals surface area contributed by atoms with Crippen LogP contribution in [-0.4, -0.2) is 0 Å². The van der Waals surface area contributed by atoms with Crippen LogP contribution in [0.3, 0.4) is 0 Å². The maximum Gasteiger partial charge on any atom is 0.134 e. The molecule has 0 unspecified atom stereocenters. The van der Waals surface area contributed by atoms with Gasteiger partial charge in [-0.3, -0.25) is 0 Å². The highest BCUT2D eigenvalue weighted by Gasteiger charge is 2.03. The fourth-order valence-electron chi connectivity index (χ4n) is 1.92. The number of hydrogen-bond acceptors (Lipinski definition) is 1. The molecule has 0 radical (unpaired) electrons. The molecule has 1 aromatic heterocycles. The summed E-state index contributed by atoms with van der Waals surface area (Å²) in [6, 6.07) is 8.73. The van der Waals surface area contributed by atoms with Crippen molar-refractivity contribution in [1.82, 2.24) is 0 Å². The van der Waals surface area contributed by atoms with E-state index in [2.05, 4.69) is 45.0 Å². The smallest absolute Gasteiger partial charge is 0.134 e. The first-order valence-corrected chi connectivity index (χ1v) is 6.20. The van der Waals surface area contributed by atoms with Crippen molar-refractivity contribution in [3.8, 4) is 0 Å². The quantitative estimate of drug-likeness (QED) is 0.729. The number of fused-ring (bicyclic) bond motifs is 1. The molecule has 0 atom stereocenters. The molecular weight excluding hydrogens is 196 g/mol. The molecule has 0 fully saturated rings. The van der Waals surface area contributed by atoms with Gasteiger partial charge < -0.3 is 4.42 Å². The van der Waals surface area contributed by atoms with Crippen LogP contribution in [0, 0.1) is 5.92 Å². The van der Waals surface area contributed by atoms with Crippen LogP contribution in [0.1, 0.15) is 38.5 Å². The Bertz CT molecular complexity index is 465. The second-order valence-corrected chi connectivity index (χ2v) is 4.87. The third kappa shape index (κ3) is 2.46. The van der Waals surface area contributed by atoms with E-state index in [1.165, 1.54) is 17.4 Å². The molecule has 0 spiro atoms. The molecule has 1 nitrogen and oxygen atoms in total. The summed E-state index contributed by atoms with van der Waals surface area (Å²) >= 11 is 0. The Morgan fingerprint density at radius 2 is 2.00 bits per heavy atom. The Labute approximate surface area is 97.5 Å². The first-order chi connectivity index (χ1) is 7.69. The van der Waals surface area contributed by atoms with E-state index in [9.17, 15) is 0 Å². The SMILES string of the molecule is CCc1cc2ccc(CCC(C)C)cc2o1. The van der Waals surface area contributed by atoms with Gasteiger partial charge in [0.05, 0.1) is 0 Å². The molecule has 2 rings (SSSR count). The Morgan fingerprint density at radius 3 is 2.69 bits per heavy atom. The van der Waals surface area contributed by atoms with Gasteiger partial charge >= 0.3 is 0 Å². The molecule has 0 amide bonds. The summed E-state index contributed by atoms with van der Waals surface area (Å²) in [4.78, 5) is 0. The minimum Gasteiger partial charge on any atom is -0.461 e. The average Bonchev–Trinajstić information content (AvgIpc) is 2.68. The minimum atomic E-state index is 0.763. The molecule has 2 aromatic rings. The van der Waals surface area contributed by atoms with Crippen molar-refractivity contribution in [2.75, 3.05) is 0 Å². The number of rotatable bonds is 4. The lowest BCUT2D eigenvalue weighted by atomic mass is 10.0. The largest absolute Gasteiger partial charge is 0.461 e. The van der Waals surface area contributed by atoms with E-state index in [0.717, 1.165) is 30.1 Å². The van der Waals surface area contributed by atoms with Gasteiger partial charge in [0.1, 0.15) is 11.3 Å². The summed E-state index contributed by atoms with van der Waals surface area (Å²) in [5.74, 6) is 1.84. The molecule has 1 heteroatoms. The van der Waals surface area contributed by atoms with Gasteiger partial charge in [0, 0.05) is 11.8 Å². The van der Waals surface area contributed by atoms with Crippen molar-refractivity contribution in [3.63, 3.8) is 0 Å². The van der Waals surface area contributed by atoms with Crippen LogP contribution < -0.4 is 0 Å². The Hall–Kier alpha value is -1.24. The third-order valence-electron chi connectivity index (χ3n) is 2.99. The molecule has 0 bridgehead atoms. The van der Waals surface area contributed by atoms with Crippen LogP contribution in [0.2, 0.25) is 0 Å². The van der Waals surface area contributed by atoms with E-state index >= 15 is 0 Å².